The van der Waals surface area contributed by atoms with Crippen LogP contribution in [-0.4, -0.2) is 32.8 Å². The van der Waals surface area contributed by atoms with E-state index in [0.29, 0.717) is 5.92 Å². The Morgan fingerprint density at radius 2 is 1.95 bits per heavy atom. The van der Waals surface area contributed by atoms with Crippen molar-refractivity contribution < 1.29 is 0 Å². The Morgan fingerprint density at radius 1 is 1.20 bits per heavy atom. The molecule has 20 heavy (non-hydrogen) atoms. The summed E-state index contributed by atoms with van der Waals surface area (Å²) in [7, 11) is 0. The first-order valence-corrected chi connectivity index (χ1v) is 7.03. The zero-order chi connectivity index (χ0) is 14.4. The molecule has 6 heteroatoms. The van der Waals surface area contributed by atoms with Crippen LogP contribution in [0.3, 0.4) is 0 Å². The molecule has 0 unspecified atom stereocenters. The largest absolute Gasteiger partial charge is 0.370 e. The highest BCUT2D eigenvalue weighted by atomic mass is 15.3. The zero-order valence-corrected chi connectivity index (χ0v) is 12.3. The quantitative estimate of drug-likeness (QED) is 0.811. The lowest BCUT2D eigenvalue weighted by Gasteiger charge is -2.12. The van der Waals surface area contributed by atoms with Gasteiger partial charge in [0.2, 0.25) is 0 Å². The third-order valence-corrected chi connectivity index (χ3v) is 2.82. The standard InChI is InChI=1S/C14H22N6/c1-4-15-12-10-13(19-14(18-12)11(2)3)16-7-9-20-8-5-6-17-20/h5-6,8,10-11H,4,7,9H2,1-3H3,(H2,15,16,18,19). The van der Waals surface area contributed by atoms with E-state index in [1.54, 1.807) is 6.20 Å². The maximum absolute atomic E-state index is 4.54. The van der Waals surface area contributed by atoms with Gasteiger partial charge in [-0.2, -0.15) is 5.10 Å². The lowest BCUT2D eigenvalue weighted by Crippen LogP contribution is -2.13. The molecule has 0 fully saturated rings. The van der Waals surface area contributed by atoms with Gasteiger partial charge in [0, 0.05) is 37.5 Å². The Bertz CT molecular complexity index is 520. The second-order valence-corrected chi connectivity index (χ2v) is 4.88. The van der Waals surface area contributed by atoms with E-state index in [0.717, 1.165) is 37.1 Å². The van der Waals surface area contributed by atoms with Crippen LogP contribution in [0.1, 0.15) is 32.5 Å². The van der Waals surface area contributed by atoms with Gasteiger partial charge in [0.25, 0.3) is 0 Å². The molecule has 0 spiro atoms. The molecule has 0 aliphatic carbocycles. The number of aromatic nitrogens is 4. The Hall–Kier alpha value is -2.11. The fourth-order valence-electron chi connectivity index (χ4n) is 1.82. The Kier molecular flexibility index (Phi) is 4.92. The van der Waals surface area contributed by atoms with Crippen molar-refractivity contribution in [2.24, 2.45) is 0 Å². The summed E-state index contributed by atoms with van der Waals surface area (Å²) in [5, 5.41) is 10.7. The molecule has 0 aliphatic heterocycles. The topological polar surface area (TPSA) is 67.7 Å². The highest BCUT2D eigenvalue weighted by Crippen LogP contribution is 2.16. The number of rotatable bonds is 7. The van der Waals surface area contributed by atoms with Gasteiger partial charge in [0.15, 0.2) is 0 Å². The average molecular weight is 274 g/mol. The van der Waals surface area contributed by atoms with Crippen molar-refractivity contribution >= 4 is 11.6 Å². The Morgan fingerprint density at radius 3 is 2.55 bits per heavy atom. The summed E-state index contributed by atoms with van der Waals surface area (Å²) in [6, 6.07) is 3.86. The number of hydrogen-bond donors (Lipinski definition) is 2. The molecule has 0 saturated carbocycles. The molecule has 0 bridgehead atoms. The van der Waals surface area contributed by atoms with Gasteiger partial charge in [-0.15, -0.1) is 0 Å². The van der Waals surface area contributed by atoms with Crippen molar-refractivity contribution in [1.82, 2.24) is 19.7 Å². The molecule has 0 atom stereocenters. The summed E-state index contributed by atoms with van der Waals surface area (Å²) >= 11 is 0. The second-order valence-electron chi connectivity index (χ2n) is 4.88. The molecule has 0 radical (unpaired) electrons. The molecule has 2 N–H and O–H groups in total. The molecule has 2 aromatic rings. The van der Waals surface area contributed by atoms with Crippen LogP contribution in [0.25, 0.3) is 0 Å². The first kappa shape index (κ1) is 14.3. The molecule has 108 valence electrons. The van der Waals surface area contributed by atoms with Gasteiger partial charge in [-0.3, -0.25) is 4.68 Å². The smallest absolute Gasteiger partial charge is 0.135 e. The van der Waals surface area contributed by atoms with Crippen LogP contribution in [0.15, 0.2) is 24.5 Å². The monoisotopic (exact) mass is 274 g/mol. The van der Waals surface area contributed by atoms with E-state index in [-0.39, 0.29) is 0 Å². The molecule has 0 saturated heterocycles. The minimum atomic E-state index is 0.306. The average Bonchev–Trinajstić information content (AvgIpc) is 2.92. The van der Waals surface area contributed by atoms with Crippen molar-refractivity contribution in [3.8, 4) is 0 Å². The van der Waals surface area contributed by atoms with Crippen molar-refractivity contribution in [1.29, 1.82) is 0 Å². The molecule has 6 nitrogen and oxygen atoms in total. The number of nitrogens with one attached hydrogen (secondary N) is 2. The summed E-state index contributed by atoms with van der Waals surface area (Å²) in [6.45, 7) is 8.69. The molecule has 0 amide bonds. The van der Waals surface area contributed by atoms with Gasteiger partial charge in [0.1, 0.15) is 17.5 Å². The lowest BCUT2D eigenvalue weighted by molar-refractivity contribution is 0.636. The third-order valence-electron chi connectivity index (χ3n) is 2.82. The summed E-state index contributed by atoms with van der Waals surface area (Å²) in [5.74, 6) is 2.88. The van der Waals surface area contributed by atoms with E-state index in [1.807, 2.05) is 23.0 Å². The van der Waals surface area contributed by atoms with E-state index >= 15 is 0 Å². The van der Waals surface area contributed by atoms with Gasteiger partial charge in [-0.05, 0) is 13.0 Å². The predicted octanol–water partition coefficient (Wildman–Crippen LogP) is 2.34. The van der Waals surface area contributed by atoms with E-state index in [4.69, 9.17) is 0 Å². The van der Waals surface area contributed by atoms with Gasteiger partial charge in [-0.1, -0.05) is 13.8 Å². The summed E-state index contributed by atoms with van der Waals surface area (Å²) in [6.07, 6.45) is 3.73. The highest BCUT2D eigenvalue weighted by molar-refractivity contribution is 5.47. The van der Waals surface area contributed by atoms with Gasteiger partial charge in [0.05, 0.1) is 6.54 Å². The molecule has 0 aliphatic rings. The second kappa shape index (κ2) is 6.88. The Labute approximate surface area is 119 Å². The van der Waals surface area contributed by atoms with Gasteiger partial charge in [-0.25, -0.2) is 9.97 Å². The fraction of sp³-hybridized carbons (Fsp3) is 0.500. The molecular weight excluding hydrogens is 252 g/mol. The lowest BCUT2D eigenvalue weighted by atomic mass is 10.2. The van der Waals surface area contributed by atoms with Crippen molar-refractivity contribution in [3.05, 3.63) is 30.4 Å². The molecular formula is C14H22N6. The maximum atomic E-state index is 4.54. The summed E-state index contributed by atoms with van der Waals surface area (Å²) in [4.78, 5) is 9.04. The Balaban J connectivity index is 2.01. The number of hydrogen-bond acceptors (Lipinski definition) is 5. The summed E-state index contributed by atoms with van der Waals surface area (Å²) < 4.78 is 1.89. The van der Waals surface area contributed by atoms with Crippen LogP contribution < -0.4 is 10.6 Å². The minimum Gasteiger partial charge on any atom is -0.370 e. The van der Waals surface area contributed by atoms with Crippen LogP contribution >= 0.6 is 0 Å². The number of anilines is 2. The van der Waals surface area contributed by atoms with Crippen LogP contribution in [-0.2, 0) is 6.54 Å². The van der Waals surface area contributed by atoms with Crippen LogP contribution in [0.2, 0.25) is 0 Å². The molecule has 2 heterocycles. The van der Waals surface area contributed by atoms with Crippen LogP contribution in [0, 0.1) is 0 Å². The van der Waals surface area contributed by atoms with E-state index in [2.05, 4.69) is 46.5 Å². The first-order chi connectivity index (χ1) is 9.69. The molecule has 2 rings (SSSR count). The van der Waals surface area contributed by atoms with Crippen molar-refractivity contribution in [2.45, 2.75) is 33.2 Å². The van der Waals surface area contributed by atoms with Crippen LogP contribution in [0.4, 0.5) is 11.6 Å². The third kappa shape index (κ3) is 3.94. The van der Waals surface area contributed by atoms with E-state index < -0.39 is 0 Å². The number of nitrogens with zero attached hydrogens (tertiary/aromatic N) is 4. The van der Waals surface area contributed by atoms with E-state index in [1.165, 1.54) is 0 Å². The van der Waals surface area contributed by atoms with Crippen molar-refractivity contribution in [2.75, 3.05) is 23.7 Å². The van der Waals surface area contributed by atoms with Gasteiger partial charge < -0.3 is 10.6 Å². The minimum absolute atomic E-state index is 0.306. The predicted molar refractivity (Wildman–Crippen MR) is 81.0 cm³/mol. The first-order valence-electron chi connectivity index (χ1n) is 7.03. The highest BCUT2D eigenvalue weighted by Gasteiger charge is 2.07. The van der Waals surface area contributed by atoms with Crippen molar-refractivity contribution in [3.63, 3.8) is 0 Å². The van der Waals surface area contributed by atoms with E-state index in [9.17, 15) is 0 Å². The normalized spacial score (nSPS) is 10.8. The van der Waals surface area contributed by atoms with Crippen LogP contribution in [0.5, 0.6) is 0 Å². The molecule has 0 aromatic carbocycles. The molecule has 2 aromatic heterocycles. The fourth-order valence-corrected chi connectivity index (χ4v) is 1.82. The SMILES string of the molecule is CCNc1cc(NCCn2cccn2)nc(C(C)C)n1. The summed E-state index contributed by atoms with van der Waals surface area (Å²) in [5.41, 5.74) is 0. The van der Waals surface area contributed by atoms with Gasteiger partial charge >= 0.3 is 0 Å². The maximum Gasteiger partial charge on any atom is 0.135 e. The zero-order valence-electron chi connectivity index (χ0n) is 12.3.